The molecule has 0 spiro atoms. The summed E-state index contributed by atoms with van der Waals surface area (Å²) in [4.78, 5) is 31.0. The van der Waals surface area contributed by atoms with Crippen LogP contribution in [0.1, 0.15) is 48.0 Å². The molecule has 2 aliphatic heterocycles. The Morgan fingerprint density at radius 3 is 2.46 bits per heavy atom. The predicted octanol–water partition coefficient (Wildman–Crippen LogP) is 4.37. The zero-order valence-corrected chi connectivity index (χ0v) is 15.6. The van der Waals surface area contributed by atoms with E-state index in [9.17, 15) is 14.0 Å². The number of amides is 1. The number of piperidine rings is 2. The number of carbonyl (C=O) groups is 2. The van der Waals surface area contributed by atoms with Crippen LogP contribution in [0, 0.1) is 11.9 Å². The highest BCUT2D eigenvalue weighted by molar-refractivity contribution is 5.98. The minimum absolute atomic E-state index is 0.0375. The largest absolute Gasteiger partial charge is 0.445 e. The van der Waals surface area contributed by atoms with Gasteiger partial charge in [0.2, 0.25) is 5.95 Å². The fraction of sp³-hybridized carbons (Fsp3) is 0.409. The molecule has 0 radical (unpaired) electrons. The second-order valence-electron chi connectivity index (χ2n) is 7.56. The average molecular weight is 382 g/mol. The van der Waals surface area contributed by atoms with E-state index >= 15 is 0 Å². The standard InChI is InChI=1S/C22H23FN2O3/c23-21-19(10-5-11-24-21)20(26)16-12-17-8-4-9-18(13-16)25(17)22(27)28-14-15-6-2-1-3-7-15/h1-3,5-7,10-11,16-18H,4,8-9,12-14H2. The van der Waals surface area contributed by atoms with Crippen LogP contribution in [0.4, 0.5) is 9.18 Å². The molecule has 2 fully saturated rings. The van der Waals surface area contributed by atoms with Gasteiger partial charge in [0.25, 0.3) is 0 Å². The fourth-order valence-electron chi connectivity index (χ4n) is 4.48. The van der Waals surface area contributed by atoms with E-state index in [1.807, 2.05) is 35.2 Å². The Hall–Kier alpha value is -2.76. The average Bonchev–Trinajstić information content (AvgIpc) is 2.71. The molecule has 6 heteroatoms. The fourth-order valence-corrected chi connectivity index (χ4v) is 4.48. The molecule has 2 aromatic rings. The van der Waals surface area contributed by atoms with Crippen molar-refractivity contribution in [3.05, 3.63) is 65.7 Å². The summed E-state index contributed by atoms with van der Waals surface area (Å²) in [6.07, 6.45) is 4.82. The Kier molecular flexibility index (Phi) is 5.37. The number of benzene rings is 1. The van der Waals surface area contributed by atoms with E-state index in [0.29, 0.717) is 12.8 Å². The van der Waals surface area contributed by atoms with Crippen LogP contribution >= 0.6 is 0 Å². The predicted molar refractivity (Wildman–Crippen MR) is 101 cm³/mol. The molecule has 0 aliphatic carbocycles. The van der Waals surface area contributed by atoms with Crippen LogP contribution in [0.25, 0.3) is 0 Å². The topological polar surface area (TPSA) is 59.5 Å². The van der Waals surface area contributed by atoms with Crippen LogP contribution in [0.2, 0.25) is 0 Å². The summed E-state index contributed by atoms with van der Waals surface area (Å²) in [5, 5.41) is 0. The molecule has 146 valence electrons. The molecule has 28 heavy (non-hydrogen) atoms. The van der Waals surface area contributed by atoms with E-state index in [-0.39, 0.29) is 42.0 Å². The molecule has 2 atom stereocenters. The highest BCUT2D eigenvalue weighted by Gasteiger charge is 2.44. The molecule has 0 N–H and O–H groups in total. The molecule has 3 heterocycles. The van der Waals surface area contributed by atoms with E-state index in [1.54, 1.807) is 6.07 Å². The van der Waals surface area contributed by atoms with Gasteiger partial charge in [-0.25, -0.2) is 9.78 Å². The van der Waals surface area contributed by atoms with Gasteiger partial charge < -0.3 is 9.64 Å². The number of hydrogen-bond donors (Lipinski definition) is 0. The molecule has 2 saturated heterocycles. The number of hydrogen-bond acceptors (Lipinski definition) is 4. The number of halogens is 1. The van der Waals surface area contributed by atoms with Crippen LogP contribution in [0.3, 0.4) is 0 Å². The van der Waals surface area contributed by atoms with Crippen LogP contribution in [-0.2, 0) is 11.3 Å². The first-order chi connectivity index (χ1) is 13.6. The maximum atomic E-state index is 13.9. The van der Waals surface area contributed by atoms with E-state index < -0.39 is 5.95 Å². The van der Waals surface area contributed by atoms with Crippen LogP contribution in [0.15, 0.2) is 48.7 Å². The second kappa shape index (κ2) is 8.09. The van der Waals surface area contributed by atoms with Gasteiger partial charge in [0, 0.05) is 24.2 Å². The van der Waals surface area contributed by atoms with Crippen LogP contribution < -0.4 is 0 Å². The molecule has 1 amide bonds. The molecule has 2 aliphatic rings. The number of pyridine rings is 1. The highest BCUT2D eigenvalue weighted by Crippen LogP contribution is 2.39. The van der Waals surface area contributed by atoms with Gasteiger partial charge in [0.15, 0.2) is 5.78 Å². The van der Waals surface area contributed by atoms with Crippen LogP contribution in [0.5, 0.6) is 0 Å². The first-order valence-electron chi connectivity index (χ1n) is 9.77. The van der Waals surface area contributed by atoms with Gasteiger partial charge in [-0.1, -0.05) is 30.3 Å². The van der Waals surface area contributed by atoms with Crippen molar-refractivity contribution in [3.8, 4) is 0 Å². The third kappa shape index (κ3) is 3.77. The number of nitrogens with zero attached hydrogens (tertiary/aromatic N) is 2. The lowest BCUT2D eigenvalue weighted by Gasteiger charge is -2.47. The van der Waals surface area contributed by atoms with Gasteiger partial charge in [-0.2, -0.15) is 4.39 Å². The first-order valence-corrected chi connectivity index (χ1v) is 9.77. The van der Waals surface area contributed by atoms with Crippen molar-refractivity contribution in [2.24, 2.45) is 5.92 Å². The molecule has 0 saturated carbocycles. The third-order valence-corrected chi connectivity index (χ3v) is 5.79. The summed E-state index contributed by atoms with van der Waals surface area (Å²) >= 11 is 0. The summed E-state index contributed by atoms with van der Waals surface area (Å²) < 4.78 is 19.5. The number of fused-ring (bicyclic) bond motifs is 2. The van der Waals surface area contributed by atoms with Crippen molar-refractivity contribution in [2.75, 3.05) is 0 Å². The van der Waals surface area contributed by atoms with Gasteiger partial charge in [0.1, 0.15) is 6.61 Å². The summed E-state index contributed by atoms with van der Waals surface area (Å²) in [7, 11) is 0. The van der Waals surface area contributed by atoms with E-state index in [4.69, 9.17) is 4.74 Å². The lowest BCUT2D eigenvalue weighted by atomic mass is 9.76. The molecule has 1 aromatic heterocycles. The van der Waals surface area contributed by atoms with Crippen molar-refractivity contribution in [1.82, 2.24) is 9.88 Å². The van der Waals surface area contributed by atoms with E-state index in [0.717, 1.165) is 24.8 Å². The third-order valence-electron chi connectivity index (χ3n) is 5.79. The molecule has 5 nitrogen and oxygen atoms in total. The van der Waals surface area contributed by atoms with Crippen molar-refractivity contribution in [2.45, 2.75) is 50.8 Å². The number of carbonyl (C=O) groups excluding carboxylic acids is 2. The van der Waals surface area contributed by atoms with E-state index in [2.05, 4.69) is 4.98 Å². The Labute approximate surface area is 163 Å². The molecule has 1 aromatic carbocycles. The number of ether oxygens (including phenoxy) is 1. The smallest absolute Gasteiger partial charge is 0.410 e. The summed E-state index contributed by atoms with van der Waals surface area (Å²) in [5.74, 6) is -1.21. The van der Waals surface area contributed by atoms with Crippen LogP contribution in [-0.4, -0.2) is 33.8 Å². The monoisotopic (exact) mass is 382 g/mol. The molecular weight excluding hydrogens is 359 g/mol. The van der Waals surface area contributed by atoms with Crippen molar-refractivity contribution < 1.29 is 18.7 Å². The van der Waals surface area contributed by atoms with Gasteiger partial charge in [0.05, 0.1) is 5.56 Å². The Balaban J connectivity index is 1.44. The quantitative estimate of drug-likeness (QED) is 0.582. The van der Waals surface area contributed by atoms with Gasteiger partial charge >= 0.3 is 6.09 Å². The number of rotatable bonds is 4. The zero-order valence-electron chi connectivity index (χ0n) is 15.6. The van der Waals surface area contributed by atoms with Crippen molar-refractivity contribution >= 4 is 11.9 Å². The van der Waals surface area contributed by atoms with Crippen molar-refractivity contribution in [3.63, 3.8) is 0 Å². The second-order valence-corrected chi connectivity index (χ2v) is 7.56. The lowest BCUT2D eigenvalue weighted by molar-refractivity contribution is 0.00462. The Morgan fingerprint density at radius 2 is 1.79 bits per heavy atom. The first kappa shape index (κ1) is 18.6. The van der Waals surface area contributed by atoms with E-state index in [1.165, 1.54) is 12.3 Å². The van der Waals surface area contributed by atoms with Gasteiger partial charge in [-0.15, -0.1) is 0 Å². The zero-order chi connectivity index (χ0) is 19.5. The number of Topliss-reactive ketones (excluding diaryl/α,β-unsaturated/α-hetero) is 1. The summed E-state index contributed by atoms with van der Waals surface area (Å²) in [6, 6.07) is 12.6. The minimum Gasteiger partial charge on any atom is -0.445 e. The van der Waals surface area contributed by atoms with Gasteiger partial charge in [-0.05, 0) is 49.8 Å². The normalized spacial score (nSPS) is 23.9. The Morgan fingerprint density at radius 1 is 1.07 bits per heavy atom. The highest BCUT2D eigenvalue weighted by atomic mass is 19.1. The summed E-state index contributed by atoms with van der Waals surface area (Å²) in [6.45, 7) is 0.235. The maximum absolute atomic E-state index is 13.9. The molecule has 2 bridgehead atoms. The molecular formula is C22H23FN2O3. The maximum Gasteiger partial charge on any atom is 0.410 e. The number of aromatic nitrogens is 1. The number of ketones is 1. The summed E-state index contributed by atoms with van der Waals surface area (Å²) in [5.41, 5.74) is 0.990. The SMILES string of the molecule is O=C(c1cccnc1F)C1CC2CCCC(C1)N2C(=O)OCc1ccccc1. The van der Waals surface area contributed by atoms with Crippen molar-refractivity contribution in [1.29, 1.82) is 0 Å². The lowest BCUT2D eigenvalue weighted by Crippen LogP contribution is -2.55. The molecule has 4 rings (SSSR count). The minimum atomic E-state index is -0.720. The van der Waals surface area contributed by atoms with Gasteiger partial charge in [-0.3, -0.25) is 4.79 Å². The Bertz CT molecular complexity index is 844. The molecule has 2 unspecified atom stereocenters.